The number of carbonyl (C=O) groups is 1. The molecule has 2 aromatic carbocycles. The van der Waals surface area contributed by atoms with Crippen LogP contribution in [-0.2, 0) is 4.74 Å². The monoisotopic (exact) mass is 330 g/mol. The van der Waals surface area contributed by atoms with Crippen molar-refractivity contribution in [3.05, 3.63) is 66.2 Å². The second kappa shape index (κ2) is 6.84. The molecular formula is C18H18O4S. The minimum absolute atomic E-state index is 0.189. The Morgan fingerprint density at radius 1 is 1.09 bits per heavy atom. The molecule has 0 spiro atoms. The summed E-state index contributed by atoms with van der Waals surface area (Å²) in [6.45, 7) is -0.216. The number of carbonyl (C=O) groups excluding carboxylic acids is 1. The normalized spacial score (nSPS) is 27.6. The fourth-order valence-corrected chi connectivity index (χ4v) is 3.58. The van der Waals surface area contributed by atoms with Crippen molar-refractivity contribution in [2.45, 2.75) is 28.5 Å². The Balaban J connectivity index is 1.69. The number of ketones is 1. The molecule has 0 saturated carbocycles. The fourth-order valence-electron chi connectivity index (χ4n) is 2.55. The van der Waals surface area contributed by atoms with E-state index in [9.17, 15) is 15.0 Å². The van der Waals surface area contributed by atoms with Gasteiger partial charge in [-0.15, -0.1) is 0 Å². The Kier molecular flexibility index (Phi) is 4.82. The van der Waals surface area contributed by atoms with Gasteiger partial charge in [0.1, 0.15) is 5.44 Å². The van der Waals surface area contributed by atoms with E-state index in [1.807, 2.05) is 30.3 Å². The van der Waals surface area contributed by atoms with E-state index in [-0.39, 0.29) is 18.5 Å². The molecule has 23 heavy (non-hydrogen) atoms. The molecule has 1 fully saturated rings. The summed E-state index contributed by atoms with van der Waals surface area (Å²) in [5.41, 5.74) is -1.82. The van der Waals surface area contributed by atoms with Crippen molar-refractivity contribution in [2.24, 2.45) is 0 Å². The number of aliphatic hydroxyl groups excluding tert-OH is 1. The van der Waals surface area contributed by atoms with E-state index in [4.69, 9.17) is 4.74 Å². The van der Waals surface area contributed by atoms with E-state index >= 15 is 0 Å². The highest BCUT2D eigenvalue weighted by atomic mass is 32.2. The highest BCUT2D eigenvalue weighted by molar-refractivity contribution is 7.99. The molecule has 120 valence electrons. The molecule has 4 nitrogen and oxygen atoms in total. The van der Waals surface area contributed by atoms with Crippen molar-refractivity contribution < 1.29 is 19.7 Å². The van der Waals surface area contributed by atoms with Gasteiger partial charge in [-0.25, -0.2) is 0 Å². The van der Waals surface area contributed by atoms with Crippen LogP contribution in [0.2, 0.25) is 0 Å². The summed E-state index contributed by atoms with van der Waals surface area (Å²) in [6, 6.07) is 18.2. The second-order valence-corrected chi connectivity index (χ2v) is 6.78. The summed E-state index contributed by atoms with van der Waals surface area (Å²) in [5, 5.41) is 21.0. The molecule has 5 heteroatoms. The summed E-state index contributed by atoms with van der Waals surface area (Å²) < 4.78 is 5.64. The Bertz CT molecular complexity index is 661. The first kappa shape index (κ1) is 16.2. The number of Topliss-reactive ketones (excluding diaryl/α,β-unsaturated/α-hetero) is 1. The van der Waals surface area contributed by atoms with Crippen LogP contribution in [0.1, 0.15) is 16.8 Å². The second-order valence-electron chi connectivity index (χ2n) is 5.54. The van der Waals surface area contributed by atoms with Gasteiger partial charge in [0.2, 0.25) is 0 Å². The lowest BCUT2D eigenvalue weighted by Crippen LogP contribution is -2.57. The minimum atomic E-state index is -1.89. The lowest BCUT2D eigenvalue weighted by Gasteiger charge is -2.38. The highest BCUT2D eigenvalue weighted by Crippen LogP contribution is 2.35. The maximum absolute atomic E-state index is 12.5. The largest absolute Gasteiger partial charge is 0.389 e. The van der Waals surface area contributed by atoms with Gasteiger partial charge < -0.3 is 14.9 Å². The van der Waals surface area contributed by atoms with Gasteiger partial charge in [-0.1, -0.05) is 60.3 Å². The van der Waals surface area contributed by atoms with Crippen LogP contribution in [0.3, 0.4) is 0 Å². The van der Waals surface area contributed by atoms with E-state index in [1.54, 1.807) is 30.3 Å². The molecule has 3 rings (SSSR count). The van der Waals surface area contributed by atoms with Gasteiger partial charge in [-0.05, 0) is 12.1 Å². The minimum Gasteiger partial charge on any atom is -0.389 e. The molecule has 2 N–H and O–H groups in total. The predicted molar refractivity (Wildman–Crippen MR) is 88.4 cm³/mol. The SMILES string of the molecule is O=C(c1ccccc1)[C@@]1(O)CO[C@@H](Sc2ccccc2)C[C@@H]1O. The van der Waals surface area contributed by atoms with Crippen molar-refractivity contribution in [1.29, 1.82) is 0 Å². The zero-order chi connectivity index (χ0) is 16.3. The lowest BCUT2D eigenvalue weighted by atomic mass is 9.85. The maximum Gasteiger partial charge on any atom is 0.199 e. The fraction of sp³-hybridized carbons (Fsp3) is 0.278. The molecule has 0 amide bonds. The zero-order valence-corrected chi connectivity index (χ0v) is 13.3. The molecule has 1 saturated heterocycles. The molecule has 0 radical (unpaired) electrons. The van der Waals surface area contributed by atoms with Gasteiger partial charge in [-0.2, -0.15) is 0 Å². The molecule has 0 bridgehead atoms. The van der Waals surface area contributed by atoms with Crippen LogP contribution in [0.4, 0.5) is 0 Å². The number of hydrogen-bond donors (Lipinski definition) is 2. The summed E-state index contributed by atoms with van der Waals surface area (Å²) in [4.78, 5) is 13.5. The molecule has 0 aliphatic carbocycles. The van der Waals surface area contributed by atoms with Crippen molar-refractivity contribution in [2.75, 3.05) is 6.61 Å². The maximum atomic E-state index is 12.5. The summed E-state index contributed by atoms with van der Waals surface area (Å²) in [6.07, 6.45) is -0.973. The van der Waals surface area contributed by atoms with Crippen LogP contribution < -0.4 is 0 Å². The van der Waals surface area contributed by atoms with Crippen LogP contribution in [-0.4, -0.2) is 39.7 Å². The third kappa shape index (κ3) is 3.48. The Morgan fingerprint density at radius 3 is 2.30 bits per heavy atom. The molecular weight excluding hydrogens is 312 g/mol. The lowest BCUT2D eigenvalue weighted by molar-refractivity contribution is -0.140. The number of hydrogen-bond acceptors (Lipinski definition) is 5. The molecule has 0 unspecified atom stereocenters. The van der Waals surface area contributed by atoms with Gasteiger partial charge in [0.15, 0.2) is 11.4 Å². The molecule has 1 heterocycles. The third-order valence-corrected chi connectivity index (χ3v) is 5.03. The first-order valence-corrected chi connectivity index (χ1v) is 8.31. The topological polar surface area (TPSA) is 66.8 Å². The van der Waals surface area contributed by atoms with Crippen molar-refractivity contribution in [3.63, 3.8) is 0 Å². The smallest absolute Gasteiger partial charge is 0.199 e. The van der Waals surface area contributed by atoms with Crippen LogP contribution in [0.5, 0.6) is 0 Å². The molecule has 0 aromatic heterocycles. The van der Waals surface area contributed by atoms with E-state index in [1.165, 1.54) is 11.8 Å². The summed E-state index contributed by atoms with van der Waals surface area (Å²) in [7, 11) is 0. The van der Waals surface area contributed by atoms with E-state index in [2.05, 4.69) is 0 Å². The van der Waals surface area contributed by atoms with Gasteiger partial charge in [0.05, 0.1) is 12.7 Å². The predicted octanol–water partition coefficient (Wildman–Crippen LogP) is 2.50. The highest BCUT2D eigenvalue weighted by Gasteiger charge is 2.48. The van der Waals surface area contributed by atoms with E-state index in [0.29, 0.717) is 5.56 Å². The van der Waals surface area contributed by atoms with Gasteiger partial charge in [0, 0.05) is 16.9 Å². The molecule has 2 aromatic rings. The van der Waals surface area contributed by atoms with Crippen molar-refractivity contribution >= 4 is 17.5 Å². The Labute approximate surface area is 139 Å². The quantitative estimate of drug-likeness (QED) is 0.843. The first-order chi connectivity index (χ1) is 11.1. The van der Waals surface area contributed by atoms with Crippen LogP contribution >= 0.6 is 11.8 Å². The number of rotatable bonds is 4. The molecule has 1 aliphatic heterocycles. The standard InChI is InChI=1S/C18H18O4S/c19-15-11-16(23-14-9-5-2-6-10-14)22-12-18(15,21)17(20)13-7-3-1-4-8-13/h1-10,15-16,19,21H,11-12H2/t15-,16-,18+/m0/s1. The average Bonchev–Trinajstić information content (AvgIpc) is 2.59. The van der Waals surface area contributed by atoms with E-state index < -0.39 is 17.5 Å². The number of ether oxygens (including phenoxy) is 1. The van der Waals surface area contributed by atoms with E-state index in [0.717, 1.165) is 4.90 Å². The van der Waals surface area contributed by atoms with Crippen molar-refractivity contribution in [3.8, 4) is 0 Å². The Hall–Kier alpha value is -1.66. The van der Waals surface area contributed by atoms with Crippen LogP contribution in [0, 0.1) is 0 Å². The van der Waals surface area contributed by atoms with Crippen molar-refractivity contribution in [1.82, 2.24) is 0 Å². The molecule has 3 atom stereocenters. The summed E-state index contributed by atoms with van der Waals surface area (Å²) in [5.74, 6) is -0.506. The first-order valence-electron chi connectivity index (χ1n) is 7.43. The summed E-state index contributed by atoms with van der Waals surface area (Å²) >= 11 is 1.47. The van der Waals surface area contributed by atoms with Gasteiger partial charge in [-0.3, -0.25) is 4.79 Å². The van der Waals surface area contributed by atoms with Crippen LogP contribution in [0.25, 0.3) is 0 Å². The number of aliphatic hydroxyl groups is 2. The third-order valence-electron chi connectivity index (χ3n) is 3.90. The Morgan fingerprint density at radius 2 is 1.70 bits per heavy atom. The molecule has 1 aliphatic rings. The number of thioether (sulfide) groups is 1. The zero-order valence-electron chi connectivity index (χ0n) is 12.5. The van der Waals surface area contributed by atoms with Crippen LogP contribution in [0.15, 0.2) is 65.6 Å². The van der Waals surface area contributed by atoms with Gasteiger partial charge in [0.25, 0.3) is 0 Å². The average molecular weight is 330 g/mol. The number of benzene rings is 2. The van der Waals surface area contributed by atoms with Gasteiger partial charge >= 0.3 is 0 Å².